The van der Waals surface area contributed by atoms with Crippen molar-refractivity contribution in [3.63, 3.8) is 0 Å². The molecule has 4 rings (SSSR count). The fourth-order valence-corrected chi connectivity index (χ4v) is 3.71. The average molecular weight is 501 g/mol. The Bertz CT molecular complexity index is 1450. The van der Waals surface area contributed by atoms with Crippen molar-refractivity contribution in [3.05, 3.63) is 97.1 Å². The van der Waals surface area contributed by atoms with Crippen LogP contribution in [0.4, 0.5) is 23.7 Å². The Kier molecular flexibility index (Phi) is 6.23. The maximum atomic E-state index is 13.1. The van der Waals surface area contributed by atoms with Gasteiger partial charge >= 0.3 is 12.2 Å². The van der Waals surface area contributed by atoms with Crippen LogP contribution in [-0.2, 0) is 23.9 Å². The SMILES string of the molecule is CCc1[nH]n(-c2ccc([N+](=O)[O-])cc2)c(=O)c1C=C1NC(=O)N(Cc2cccc(C(F)(F)F)c2)C1=O. The summed E-state index contributed by atoms with van der Waals surface area (Å²) < 4.78 is 40.1. The van der Waals surface area contributed by atoms with E-state index in [1.165, 1.54) is 42.5 Å². The summed E-state index contributed by atoms with van der Waals surface area (Å²) in [5.74, 6) is -0.804. The number of carbonyl (C=O) groups excluding carboxylic acids is 2. The van der Waals surface area contributed by atoms with E-state index in [0.29, 0.717) is 17.8 Å². The first-order chi connectivity index (χ1) is 17.0. The second-order valence-electron chi connectivity index (χ2n) is 7.85. The van der Waals surface area contributed by atoms with Crippen molar-refractivity contribution in [2.75, 3.05) is 0 Å². The molecule has 1 fully saturated rings. The van der Waals surface area contributed by atoms with E-state index in [4.69, 9.17) is 0 Å². The number of carbonyl (C=O) groups is 2. The summed E-state index contributed by atoms with van der Waals surface area (Å²) in [7, 11) is 0. The molecule has 10 nitrogen and oxygen atoms in total. The van der Waals surface area contributed by atoms with Crippen LogP contribution in [0.25, 0.3) is 11.8 Å². The molecule has 1 aliphatic rings. The summed E-state index contributed by atoms with van der Waals surface area (Å²) in [5.41, 5.74) is -0.903. The zero-order valence-corrected chi connectivity index (χ0v) is 18.6. The number of benzene rings is 2. The maximum Gasteiger partial charge on any atom is 0.416 e. The number of urea groups is 1. The van der Waals surface area contributed by atoms with Crippen molar-refractivity contribution in [3.8, 4) is 5.69 Å². The number of aryl methyl sites for hydroxylation is 1. The molecule has 36 heavy (non-hydrogen) atoms. The van der Waals surface area contributed by atoms with E-state index < -0.39 is 40.7 Å². The number of non-ortho nitro benzene ring substituents is 1. The lowest BCUT2D eigenvalue weighted by Gasteiger charge is -2.13. The maximum absolute atomic E-state index is 13.1. The van der Waals surface area contributed by atoms with Crippen LogP contribution in [0.5, 0.6) is 0 Å². The fourth-order valence-electron chi connectivity index (χ4n) is 3.71. The number of nitrogens with one attached hydrogen (secondary N) is 2. The Morgan fingerprint density at radius 1 is 1.08 bits per heavy atom. The molecule has 0 atom stereocenters. The molecule has 3 aromatic rings. The van der Waals surface area contributed by atoms with Crippen molar-refractivity contribution >= 4 is 23.7 Å². The summed E-state index contributed by atoms with van der Waals surface area (Å²) >= 11 is 0. The second-order valence-corrected chi connectivity index (χ2v) is 7.85. The summed E-state index contributed by atoms with van der Waals surface area (Å²) in [4.78, 5) is 49.4. The van der Waals surface area contributed by atoms with E-state index in [1.54, 1.807) is 6.92 Å². The highest BCUT2D eigenvalue weighted by molar-refractivity contribution is 6.13. The third kappa shape index (κ3) is 4.62. The van der Waals surface area contributed by atoms with Gasteiger partial charge in [0.15, 0.2) is 0 Å². The van der Waals surface area contributed by atoms with E-state index in [1.807, 2.05) is 0 Å². The number of alkyl halides is 3. The zero-order valence-electron chi connectivity index (χ0n) is 18.6. The molecule has 2 heterocycles. The highest BCUT2D eigenvalue weighted by Crippen LogP contribution is 2.30. The van der Waals surface area contributed by atoms with Crippen molar-refractivity contribution in [1.82, 2.24) is 20.0 Å². The zero-order chi connectivity index (χ0) is 26.2. The number of nitrogens with zero attached hydrogens (tertiary/aromatic N) is 3. The van der Waals surface area contributed by atoms with Gasteiger partial charge in [-0.1, -0.05) is 19.1 Å². The summed E-state index contributed by atoms with van der Waals surface area (Å²) in [5, 5.41) is 16.1. The average Bonchev–Trinajstić information content (AvgIpc) is 3.29. The van der Waals surface area contributed by atoms with Gasteiger partial charge in [-0.2, -0.15) is 13.2 Å². The molecule has 3 amide bonds. The Balaban J connectivity index is 1.63. The van der Waals surface area contributed by atoms with Crippen molar-refractivity contribution in [2.45, 2.75) is 26.1 Å². The molecule has 0 saturated carbocycles. The van der Waals surface area contributed by atoms with E-state index in [2.05, 4.69) is 10.4 Å². The molecule has 0 aliphatic carbocycles. The number of amides is 3. The summed E-state index contributed by atoms with van der Waals surface area (Å²) in [6, 6.07) is 8.67. The smallest absolute Gasteiger partial charge is 0.303 e. The highest BCUT2D eigenvalue weighted by atomic mass is 19.4. The molecule has 0 radical (unpaired) electrons. The minimum atomic E-state index is -4.58. The van der Waals surface area contributed by atoms with Crippen molar-refractivity contribution in [2.24, 2.45) is 0 Å². The van der Waals surface area contributed by atoms with Gasteiger partial charge < -0.3 is 5.32 Å². The lowest BCUT2D eigenvalue weighted by Crippen LogP contribution is -2.30. The number of halogens is 3. The van der Waals surface area contributed by atoms with Gasteiger partial charge in [0.05, 0.1) is 28.3 Å². The van der Waals surface area contributed by atoms with Gasteiger partial charge in [-0.3, -0.25) is 29.7 Å². The van der Waals surface area contributed by atoms with Gasteiger partial charge in [-0.05, 0) is 42.3 Å². The lowest BCUT2D eigenvalue weighted by atomic mass is 10.1. The first kappa shape index (κ1) is 24.4. The van der Waals surface area contributed by atoms with Crippen LogP contribution in [0, 0.1) is 10.1 Å². The van der Waals surface area contributed by atoms with Crippen molar-refractivity contribution < 1.29 is 27.7 Å². The van der Waals surface area contributed by atoms with Crippen LogP contribution in [0.15, 0.2) is 59.0 Å². The number of hydrogen-bond donors (Lipinski definition) is 2. The standard InChI is InChI=1S/C23H18F3N5O5/c1-2-18-17(20(32)30(28-18)15-6-8-16(9-7-15)31(35)36)11-19-21(33)29(22(34)27-19)12-13-4-3-5-14(10-13)23(24,25)26/h3-11,28H,2,12H2,1H3,(H,27,34). The van der Waals surface area contributed by atoms with E-state index in [-0.39, 0.29) is 22.5 Å². The van der Waals surface area contributed by atoms with Gasteiger partial charge in [0.2, 0.25) is 0 Å². The first-order valence-electron chi connectivity index (χ1n) is 10.6. The monoisotopic (exact) mass is 501 g/mol. The van der Waals surface area contributed by atoms with E-state index in [9.17, 15) is 37.7 Å². The third-order valence-corrected chi connectivity index (χ3v) is 5.52. The summed E-state index contributed by atoms with van der Waals surface area (Å²) in [6.07, 6.45) is -3.02. The molecule has 0 bridgehead atoms. The van der Waals surface area contributed by atoms with Crippen LogP contribution in [0.2, 0.25) is 0 Å². The van der Waals surface area contributed by atoms with E-state index >= 15 is 0 Å². The quantitative estimate of drug-likeness (QED) is 0.230. The van der Waals surface area contributed by atoms with Gasteiger partial charge in [-0.25, -0.2) is 9.48 Å². The molecule has 0 spiro atoms. The molecule has 2 N–H and O–H groups in total. The number of nitro benzene ring substituents is 1. The topological polar surface area (TPSA) is 130 Å². The Morgan fingerprint density at radius 2 is 1.78 bits per heavy atom. The molecule has 1 aliphatic heterocycles. The molecule has 186 valence electrons. The minimum absolute atomic E-state index is 0.0837. The number of rotatable bonds is 6. The normalized spacial score (nSPS) is 15.0. The summed E-state index contributed by atoms with van der Waals surface area (Å²) in [6.45, 7) is 1.36. The molecular formula is C23H18F3N5O5. The molecule has 0 unspecified atom stereocenters. The van der Waals surface area contributed by atoms with Crippen LogP contribution in [0.3, 0.4) is 0 Å². The molecular weight excluding hydrogens is 483 g/mol. The number of aromatic nitrogens is 2. The predicted molar refractivity (Wildman–Crippen MR) is 121 cm³/mol. The van der Waals surface area contributed by atoms with Gasteiger partial charge in [0.1, 0.15) is 5.70 Å². The molecule has 2 aromatic carbocycles. The van der Waals surface area contributed by atoms with Crippen LogP contribution < -0.4 is 10.9 Å². The van der Waals surface area contributed by atoms with Crippen molar-refractivity contribution in [1.29, 1.82) is 0 Å². The molecule has 1 saturated heterocycles. The second kappa shape index (κ2) is 9.17. The number of aromatic amines is 1. The fraction of sp³-hybridized carbons (Fsp3) is 0.174. The predicted octanol–water partition coefficient (Wildman–Crippen LogP) is 3.75. The van der Waals surface area contributed by atoms with Crippen LogP contribution in [-0.4, -0.2) is 31.5 Å². The molecule has 1 aromatic heterocycles. The Labute approximate surface area is 200 Å². The van der Waals surface area contributed by atoms with E-state index in [0.717, 1.165) is 21.7 Å². The third-order valence-electron chi connectivity index (χ3n) is 5.52. The highest BCUT2D eigenvalue weighted by Gasteiger charge is 2.35. The first-order valence-corrected chi connectivity index (χ1v) is 10.6. The largest absolute Gasteiger partial charge is 0.416 e. The lowest BCUT2D eigenvalue weighted by molar-refractivity contribution is -0.384. The van der Waals surface area contributed by atoms with Gasteiger partial charge in [0.25, 0.3) is 17.2 Å². The Morgan fingerprint density at radius 3 is 2.39 bits per heavy atom. The van der Waals surface area contributed by atoms with Crippen LogP contribution >= 0.6 is 0 Å². The van der Waals surface area contributed by atoms with Crippen LogP contribution in [0.1, 0.15) is 29.3 Å². The Hall–Kier alpha value is -4.68. The number of hydrogen-bond acceptors (Lipinski definition) is 5. The minimum Gasteiger partial charge on any atom is -0.303 e. The van der Waals surface area contributed by atoms with Gasteiger partial charge in [-0.15, -0.1) is 0 Å². The number of imide groups is 1. The van der Waals surface area contributed by atoms with Gasteiger partial charge in [0, 0.05) is 17.8 Å². The number of H-pyrrole nitrogens is 1. The molecule has 13 heteroatoms. The number of nitro groups is 1.